The quantitative estimate of drug-likeness (QED) is 0.153. The number of para-hydroxylation sites is 2. The lowest BCUT2D eigenvalue weighted by molar-refractivity contribution is -0.384. The summed E-state index contributed by atoms with van der Waals surface area (Å²) in [5, 5.41) is 17.0. The Bertz CT molecular complexity index is 2370. The topological polar surface area (TPSA) is 73.8 Å². The van der Waals surface area contributed by atoms with Crippen molar-refractivity contribution >= 4 is 38.1 Å². The molecule has 6 nitrogen and oxygen atoms in total. The number of hydrogen-bond acceptors (Lipinski definition) is 4. The van der Waals surface area contributed by atoms with Gasteiger partial charge >= 0.3 is 0 Å². The first kappa shape index (κ1) is 25.6. The SMILES string of the molecule is O=[N+]([O-])c1ccccc1-c1ccc2cn(-c3nc(-c4ccc(-c5cccc6ccccc56)cc4)c4ccccc4n3)cc2c1. The van der Waals surface area contributed by atoms with Gasteiger partial charge in [-0.15, -0.1) is 0 Å². The van der Waals surface area contributed by atoms with Crippen molar-refractivity contribution in [2.45, 2.75) is 0 Å². The van der Waals surface area contributed by atoms with Gasteiger partial charge in [-0.05, 0) is 51.0 Å². The maximum Gasteiger partial charge on any atom is 0.277 e. The minimum absolute atomic E-state index is 0.0836. The molecule has 0 unspecified atom stereocenters. The molecule has 2 aromatic heterocycles. The van der Waals surface area contributed by atoms with E-state index in [0.29, 0.717) is 11.5 Å². The van der Waals surface area contributed by atoms with Gasteiger partial charge in [-0.2, -0.15) is 0 Å². The van der Waals surface area contributed by atoms with Crippen LogP contribution in [0.1, 0.15) is 0 Å². The zero-order valence-corrected chi connectivity index (χ0v) is 23.5. The van der Waals surface area contributed by atoms with E-state index >= 15 is 0 Å². The zero-order chi connectivity index (χ0) is 29.6. The van der Waals surface area contributed by atoms with E-state index in [-0.39, 0.29) is 10.6 Å². The average molecular weight is 569 g/mol. The van der Waals surface area contributed by atoms with Crippen LogP contribution in [-0.2, 0) is 0 Å². The molecule has 8 aromatic rings. The van der Waals surface area contributed by atoms with Crippen LogP contribution in [0.4, 0.5) is 5.69 Å². The number of nitro benzene ring substituents is 1. The maximum absolute atomic E-state index is 11.6. The summed E-state index contributed by atoms with van der Waals surface area (Å²) in [5.74, 6) is 0.556. The Morgan fingerprint density at radius 1 is 0.545 bits per heavy atom. The van der Waals surface area contributed by atoms with Crippen LogP contribution in [0.2, 0.25) is 0 Å². The molecule has 208 valence electrons. The van der Waals surface area contributed by atoms with Crippen LogP contribution in [0.3, 0.4) is 0 Å². The third-order valence-corrected chi connectivity index (χ3v) is 8.14. The average Bonchev–Trinajstić information content (AvgIpc) is 3.51. The number of benzene rings is 6. The number of nitro groups is 1. The Kier molecular flexibility index (Phi) is 5.98. The fourth-order valence-corrected chi connectivity index (χ4v) is 5.99. The first-order valence-electron chi connectivity index (χ1n) is 14.3. The van der Waals surface area contributed by atoms with Gasteiger partial charge in [0.25, 0.3) is 5.69 Å². The van der Waals surface area contributed by atoms with Crippen LogP contribution in [0.5, 0.6) is 0 Å². The van der Waals surface area contributed by atoms with Crippen molar-refractivity contribution in [3.05, 3.63) is 156 Å². The van der Waals surface area contributed by atoms with Crippen LogP contribution >= 0.6 is 0 Å². The van der Waals surface area contributed by atoms with Crippen LogP contribution in [-0.4, -0.2) is 19.5 Å². The summed E-state index contributed by atoms with van der Waals surface area (Å²) in [6, 6.07) is 44.1. The molecule has 6 heteroatoms. The lowest BCUT2D eigenvalue weighted by Crippen LogP contribution is -2.01. The molecule has 0 saturated carbocycles. The van der Waals surface area contributed by atoms with Gasteiger partial charge in [0.1, 0.15) is 0 Å². The third-order valence-electron chi connectivity index (χ3n) is 8.14. The molecule has 0 spiro atoms. The molecule has 8 rings (SSSR count). The lowest BCUT2D eigenvalue weighted by atomic mass is 9.96. The zero-order valence-electron chi connectivity index (χ0n) is 23.5. The number of hydrogen-bond donors (Lipinski definition) is 0. The lowest BCUT2D eigenvalue weighted by Gasteiger charge is -2.11. The van der Waals surface area contributed by atoms with Gasteiger partial charge in [-0.3, -0.25) is 14.7 Å². The van der Waals surface area contributed by atoms with Crippen molar-refractivity contribution in [3.8, 4) is 39.5 Å². The predicted octanol–water partition coefficient (Wildman–Crippen LogP) is 9.64. The van der Waals surface area contributed by atoms with E-state index in [9.17, 15) is 10.1 Å². The van der Waals surface area contributed by atoms with E-state index in [4.69, 9.17) is 9.97 Å². The normalized spacial score (nSPS) is 11.4. The fourth-order valence-electron chi connectivity index (χ4n) is 5.99. The number of aromatic nitrogens is 3. The Morgan fingerprint density at radius 3 is 2.07 bits per heavy atom. The fraction of sp³-hybridized carbons (Fsp3) is 0. The smallest absolute Gasteiger partial charge is 0.277 e. The van der Waals surface area contributed by atoms with Crippen LogP contribution in [0.15, 0.2) is 146 Å². The Hall–Kier alpha value is -6.14. The second kappa shape index (κ2) is 10.3. The molecule has 0 atom stereocenters. The maximum atomic E-state index is 11.6. The first-order chi connectivity index (χ1) is 21.6. The molecule has 2 heterocycles. The van der Waals surface area contributed by atoms with E-state index < -0.39 is 0 Å². The van der Waals surface area contributed by atoms with Gasteiger partial charge in [0.2, 0.25) is 5.95 Å². The van der Waals surface area contributed by atoms with Crippen molar-refractivity contribution in [3.63, 3.8) is 0 Å². The molecule has 0 aliphatic rings. The van der Waals surface area contributed by atoms with Gasteiger partial charge in [0.05, 0.1) is 21.7 Å². The highest BCUT2D eigenvalue weighted by atomic mass is 16.6. The van der Waals surface area contributed by atoms with Crippen LogP contribution in [0, 0.1) is 10.1 Å². The number of nitrogens with zero attached hydrogens (tertiary/aromatic N) is 4. The van der Waals surface area contributed by atoms with E-state index in [1.165, 1.54) is 22.4 Å². The highest BCUT2D eigenvalue weighted by molar-refractivity contribution is 5.98. The molecule has 0 amide bonds. The molecule has 6 aromatic carbocycles. The van der Waals surface area contributed by atoms with Crippen molar-refractivity contribution in [1.82, 2.24) is 14.5 Å². The summed E-state index contributed by atoms with van der Waals surface area (Å²) < 4.78 is 1.92. The van der Waals surface area contributed by atoms with E-state index in [2.05, 4.69) is 72.8 Å². The minimum atomic E-state index is -0.344. The van der Waals surface area contributed by atoms with Gasteiger partial charge in [0, 0.05) is 34.8 Å². The Morgan fingerprint density at radius 2 is 1.20 bits per heavy atom. The molecular formula is C38H24N4O2. The van der Waals surface area contributed by atoms with Crippen molar-refractivity contribution in [2.24, 2.45) is 0 Å². The van der Waals surface area contributed by atoms with Crippen molar-refractivity contribution in [2.75, 3.05) is 0 Å². The monoisotopic (exact) mass is 568 g/mol. The summed E-state index contributed by atoms with van der Waals surface area (Å²) in [5.41, 5.74) is 6.51. The summed E-state index contributed by atoms with van der Waals surface area (Å²) >= 11 is 0. The molecular weight excluding hydrogens is 544 g/mol. The first-order valence-corrected chi connectivity index (χ1v) is 14.3. The van der Waals surface area contributed by atoms with Gasteiger partial charge in [0.15, 0.2) is 0 Å². The Labute approximate surface area is 252 Å². The molecule has 0 bridgehead atoms. The molecule has 0 saturated heterocycles. The highest BCUT2D eigenvalue weighted by Crippen LogP contribution is 2.34. The van der Waals surface area contributed by atoms with E-state index in [1.54, 1.807) is 12.1 Å². The van der Waals surface area contributed by atoms with Crippen LogP contribution in [0.25, 0.3) is 71.9 Å². The summed E-state index contributed by atoms with van der Waals surface area (Å²) in [6.07, 6.45) is 3.97. The van der Waals surface area contributed by atoms with Gasteiger partial charge < -0.3 is 0 Å². The minimum Gasteiger partial charge on any atom is -0.292 e. The number of fused-ring (bicyclic) bond motifs is 3. The predicted molar refractivity (Wildman–Crippen MR) is 177 cm³/mol. The molecule has 0 aliphatic heterocycles. The summed E-state index contributed by atoms with van der Waals surface area (Å²) in [6.45, 7) is 0. The van der Waals surface area contributed by atoms with Crippen molar-refractivity contribution in [1.29, 1.82) is 0 Å². The van der Waals surface area contributed by atoms with E-state index in [0.717, 1.165) is 44.1 Å². The highest BCUT2D eigenvalue weighted by Gasteiger charge is 2.16. The largest absolute Gasteiger partial charge is 0.292 e. The molecule has 44 heavy (non-hydrogen) atoms. The second-order valence-corrected chi connectivity index (χ2v) is 10.8. The Balaban J connectivity index is 1.21. The third kappa shape index (κ3) is 4.37. The molecule has 0 fully saturated rings. The van der Waals surface area contributed by atoms with Crippen molar-refractivity contribution < 1.29 is 4.92 Å². The second-order valence-electron chi connectivity index (χ2n) is 10.8. The summed E-state index contributed by atoms with van der Waals surface area (Å²) in [7, 11) is 0. The summed E-state index contributed by atoms with van der Waals surface area (Å²) in [4.78, 5) is 21.3. The standard InChI is InChI=1S/C38H24N4O2/c43-42(44)36-15-6-4-11-33(36)28-20-21-29-23-41(24-30(29)22-28)38-39-35-14-5-3-12-34(35)37(40-38)27-18-16-26(17-19-27)32-13-7-9-25-8-1-2-10-31(25)32/h1-24H. The van der Waals surface area contributed by atoms with Crippen LogP contribution < -0.4 is 0 Å². The molecule has 0 radical (unpaired) electrons. The van der Waals surface area contributed by atoms with Gasteiger partial charge in [-0.1, -0.05) is 109 Å². The molecule has 0 aliphatic carbocycles. The number of rotatable bonds is 5. The van der Waals surface area contributed by atoms with Gasteiger partial charge in [-0.25, -0.2) is 9.97 Å². The van der Waals surface area contributed by atoms with E-state index in [1.807, 2.05) is 59.4 Å². The molecule has 0 N–H and O–H groups in total.